The Balaban J connectivity index is 1.21. The Bertz CT molecular complexity index is 1310. The van der Waals surface area contributed by atoms with Gasteiger partial charge in [0, 0.05) is 5.69 Å². The first-order valence-electron chi connectivity index (χ1n) is 11.7. The van der Waals surface area contributed by atoms with Crippen LogP contribution in [0, 0.1) is 0 Å². The number of hydrogen-bond donors (Lipinski definition) is 1. The van der Waals surface area contributed by atoms with E-state index in [9.17, 15) is 14.4 Å². The number of hydrogen-bond acceptors (Lipinski definition) is 7. The minimum Gasteiger partial charge on any atom is -0.457 e. The molecule has 0 bridgehead atoms. The van der Waals surface area contributed by atoms with E-state index in [1.165, 1.54) is 5.01 Å². The molecule has 182 valence electrons. The lowest BCUT2D eigenvalue weighted by Crippen LogP contribution is -2.43. The number of anilines is 2. The molecule has 0 aliphatic carbocycles. The topological polar surface area (TPSA) is 104 Å². The molecule has 0 unspecified atom stereocenters. The zero-order valence-electron chi connectivity index (χ0n) is 19.9. The van der Waals surface area contributed by atoms with E-state index in [4.69, 9.17) is 4.74 Å². The fourth-order valence-electron chi connectivity index (χ4n) is 4.20. The van der Waals surface area contributed by atoms with E-state index in [1.54, 1.807) is 36.4 Å². The fourth-order valence-corrected chi connectivity index (χ4v) is 4.20. The van der Waals surface area contributed by atoms with Gasteiger partial charge in [-0.25, -0.2) is 4.90 Å². The molecule has 2 atom stereocenters. The molecule has 1 saturated heterocycles. The van der Waals surface area contributed by atoms with E-state index in [2.05, 4.69) is 29.5 Å². The predicted molar refractivity (Wildman–Crippen MR) is 134 cm³/mol. The Morgan fingerprint density at radius 1 is 0.917 bits per heavy atom. The maximum atomic E-state index is 13.2. The van der Waals surface area contributed by atoms with Crippen LogP contribution in [-0.2, 0) is 14.4 Å². The summed E-state index contributed by atoms with van der Waals surface area (Å²) in [4.78, 5) is 39.9. The predicted octanol–water partition coefficient (Wildman–Crippen LogP) is 4.53. The molecule has 3 aromatic rings. The van der Waals surface area contributed by atoms with Gasteiger partial charge in [0.25, 0.3) is 11.8 Å². The number of imide groups is 1. The number of carbonyl (C=O) groups is 3. The highest BCUT2D eigenvalue weighted by Gasteiger charge is 2.55. The van der Waals surface area contributed by atoms with E-state index in [0.717, 1.165) is 10.5 Å². The zero-order valence-corrected chi connectivity index (χ0v) is 19.9. The second-order valence-electron chi connectivity index (χ2n) is 8.94. The van der Waals surface area contributed by atoms with Crippen molar-refractivity contribution in [2.24, 2.45) is 10.3 Å². The van der Waals surface area contributed by atoms with Gasteiger partial charge in [0.15, 0.2) is 12.1 Å². The summed E-state index contributed by atoms with van der Waals surface area (Å²) in [5, 5.41) is 12.0. The van der Waals surface area contributed by atoms with Gasteiger partial charge in [-0.2, -0.15) is 5.11 Å². The summed E-state index contributed by atoms with van der Waals surface area (Å²) in [6.45, 7) is 3.93. The Labute approximate surface area is 208 Å². The molecule has 1 fully saturated rings. The number of rotatable bonds is 7. The van der Waals surface area contributed by atoms with E-state index >= 15 is 0 Å². The van der Waals surface area contributed by atoms with Crippen LogP contribution in [0.3, 0.4) is 0 Å². The summed E-state index contributed by atoms with van der Waals surface area (Å²) >= 11 is 0. The molecule has 2 heterocycles. The van der Waals surface area contributed by atoms with Gasteiger partial charge in [0.2, 0.25) is 5.91 Å². The van der Waals surface area contributed by atoms with Crippen LogP contribution < -0.4 is 15.0 Å². The van der Waals surface area contributed by atoms with Crippen molar-refractivity contribution >= 4 is 29.1 Å². The first-order valence-corrected chi connectivity index (χ1v) is 11.7. The van der Waals surface area contributed by atoms with E-state index in [0.29, 0.717) is 28.8 Å². The summed E-state index contributed by atoms with van der Waals surface area (Å²) in [7, 11) is 0. The lowest BCUT2D eigenvalue weighted by Gasteiger charge is -2.20. The SMILES string of the molecule is CC(C)c1ccc(N2C(=O)[C@@H]3[C@@H](N=NN3CC(=O)Nc3ccc(Oc4ccccc4)cc3)C2=O)cc1. The van der Waals surface area contributed by atoms with Gasteiger partial charge in [0.1, 0.15) is 18.0 Å². The van der Waals surface area contributed by atoms with Crippen LogP contribution in [0.25, 0.3) is 0 Å². The lowest BCUT2D eigenvalue weighted by molar-refractivity contribution is -0.123. The Morgan fingerprint density at radius 2 is 1.58 bits per heavy atom. The van der Waals surface area contributed by atoms with Crippen LogP contribution in [0.4, 0.5) is 11.4 Å². The van der Waals surface area contributed by atoms with E-state index < -0.39 is 23.9 Å². The summed E-state index contributed by atoms with van der Waals surface area (Å²) in [6.07, 6.45) is 0. The molecule has 36 heavy (non-hydrogen) atoms. The molecule has 9 heteroatoms. The van der Waals surface area contributed by atoms with Gasteiger partial charge < -0.3 is 10.1 Å². The van der Waals surface area contributed by atoms with Crippen molar-refractivity contribution in [1.29, 1.82) is 0 Å². The monoisotopic (exact) mass is 483 g/mol. The number of para-hydroxylation sites is 1. The molecule has 0 aromatic heterocycles. The quantitative estimate of drug-likeness (QED) is 0.497. The number of fused-ring (bicyclic) bond motifs is 1. The number of ether oxygens (including phenoxy) is 1. The normalized spacial score (nSPS) is 18.6. The third-order valence-corrected chi connectivity index (χ3v) is 6.10. The van der Waals surface area contributed by atoms with Crippen molar-refractivity contribution in [2.75, 3.05) is 16.8 Å². The third kappa shape index (κ3) is 4.55. The van der Waals surface area contributed by atoms with Gasteiger partial charge in [-0.1, -0.05) is 49.4 Å². The first-order chi connectivity index (χ1) is 17.4. The molecule has 1 N–H and O–H groups in total. The molecule has 0 spiro atoms. The molecular formula is C27H25N5O4. The van der Waals surface area contributed by atoms with Gasteiger partial charge in [-0.05, 0) is 60.0 Å². The minimum absolute atomic E-state index is 0.216. The minimum atomic E-state index is -0.954. The molecule has 0 radical (unpaired) electrons. The number of nitrogens with one attached hydrogen (secondary N) is 1. The van der Waals surface area contributed by atoms with Crippen molar-refractivity contribution in [3.63, 3.8) is 0 Å². The van der Waals surface area contributed by atoms with Gasteiger partial charge in [-0.3, -0.25) is 19.4 Å². The largest absolute Gasteiger partial charge is 0.457 e. The highest BCUT2D eigenvalue weighted by atomic mass is 16.5. The molecule has 5 rings (SSSR count). The summed E-state index contributed by atoms with van der Waals surface area (Å²) in [6, 6.07) is 21.7. The smallest absolute Gasteiger partial charge is 0.263 e. The Kier molecular flexibility index (Phi) is 6.20. The number of benzene rings is 3. The average Bonchev–Trinajstić information content (AvgIpc) is 3.40. The molecule has 3 aromatic carbocycles. The van der Waals surface area contributed by atoms with Crippen molar-refractivity contribution < 1.29 is 19.1 Å². The van der Waals surface area contributed by atoms with Crippen LogP contribution in [0.15, 0.2) is 89.2 Å². The first kappa shape index (κ1) is 23.2. The number of nitrogens with zero attached hydrogens (tertiary/aromatic N) is 4. The number of carbonyl (C=O) groups excluding carboxylic acids is 3. The molecule has 9 nitrogen and oxygen atoms in total. The maximum Gasteiger partial charge on any atom is 0.263 e. The highest BCUT2D eigenvalue weighted by Crippen LogP contribution is 2.32. The molecule has 2 aliphatic heterocycles. The average molecular weight is 484 g/mol. The summed E-state index contributed by atoms with van der Waals surface area (Å²) in [5.74, 6) is 0.409. The second-order valence-corrected chi connectivity index (χ2v) is 8.94. The van der Waals surface area contributed by atoms with E-state index in [1.807, 2.05) is 42.5 Å². The summed E-state index contributed by atoms with van der Waals surface area (Å²) < 4.78 is 5.76. The fraction of sp³-hybridized carbons (Fsp3) is 0.222. The molecule has 0 saturated carbocycles. The van der Waals surface area contributed by atoms with Gasteiger partial charge in [-0.15, -0.1) is 0 Å². The summed E-state index contributed by atoms with van der Waals surface area (Å²) in [5.41, 5.74) is 2.16. The number of amides is 3. The molecule has 2 aliphatic rings. The Morgan fingerprint density at radius 3 is 2.25 bits per heavy atom. The van der Waals surface area contributed by atoms with Crippen molar-refractivity contribution in [1.82, 2.24) is 5.01 Å². The Hall–Kier alpha value is -4.53. The van der Waals surface area contributed by atoms with Gasteiger partial charge >= 0.3 is 0 Å². The molecular weight excluding hydrogens is 458 g/mol. The van der Waals surface area contributed by atoms with Crippen LogP contribution in [0.2, 0.25) is 0 Å². The standard InChI is InChI=1S/C27H25N5O4/c1-17(2)18-8-12-20(13-9-18)32-26(34)24-25(27(32)35)31(30-29-24)16-23(33)28-19-10-14-22(15-11-19)36-21-6-4-3-5-7-21/h3-15,17,24-25H,16H2,1-2H3,(H,28,33)/t24-,25+/m1/s1. The van der Waals surface area contributed by atoms with Crippen molar-refractivity contribution in [2.45, 2.75) is 31.8 Å². The van der Waals surface area contributed by atoms with Gasteiger partial charge in [0.05, 0.1) is 5.69 Å². The van der Waals surface area contributed by atoms with Crippen LogP contribution >= 0.6 is 0 Å². The van der Waals surface area contributed by atoms with E-state index in [-0.39, 0.29) is 12.5 Å². The molecule has 3 amide bonds. The van der Waals surface area contributed by atoms with Crippen molar-refractivity contribution in [3.8, 4) is 11.5 Å². The highest BCUT2D eigenvalue weighted by molar-refractivity contribution is 6.25. The lowest BCUT2D eigenvalue weighted by atomic mass is 10.0. The van der Waals surface area contributed by atoms with Crippen LogP contribution in [-0.4, -0.2) is 41.4 Å². The van der Waals surface area contributed by atoms with Crippen LogP contribution in [0.5, 0.6) is 11.5 Å². The second kappa shape index (κ2) is 9.61. The third-order valence-electron chi connectivity index (χ3n) is 6.10. The zero-order chi connectivity index (χ0) is 25.2. The van der Waals surface area contributed by atoms with Crippen molar-refractivity contribution in [3.05, 3.63) is 84.4 Å². The van der Waals surface area contributed by atoms with Crippen LogP contribution in [0.1, 0.15) is 25.3 Å². The maximum absolute atomic E-state index is 13.2.